The lowest BCUT2D eigenvalue weighted by molar-refractivity contribution is -0.123. The average Bonchev–Trinajstić information content (AvgIpc) is 2.84. The number of carbonyl (C=O) groups is 3. The van der Waals surface area contributed by atoms with E-state index in [-0.39, 0.29) is 23.5 Å². The summed E-state index contributed by atoms with van der Waals surface area (Å²) in [5, 5.41) is 2.90. The van der Waals surface area contributed by atoms with E-state index in [1.807, 2.05) is 24.3 Å². The van der Waals surface area contributed by atoms with E-state index in [1.54, 1.807) is 31.4 Å². The SMILES string of the molecule is COc1ccc(C(=O)CCCC(=O)Nc2ccc(CCN3CCC(C(N)=O)CC3)cc2)cc1. The van der Waals surface area contributed by atoms with Crippen LogP contribution in [0, 0.1) is 5.92 Å². The molecular formula is C26H33N3O4. The Morgan fingerprint density at radius 1 is 1.00 bits per heavy atom. The Morgan fingerprint density at radius 2 is 1.67 bits per heavy atom. The number of ketones is 1. The van der Waals surface area contributed by atoms with Gasteiger partial charge >= 0.3 is 0 Å². The molecule has 1 fully saturated rings. The summed E-state index contributed by atoms with van der Waals surface area (Å²) in [5.41, 5.74) is 7.98. The molecular weight excluding hydrogens is 418 g/mol. The molecule has 176 valence electrons. The van der Waals surface area contributed by atoms with Crippen molar-refractivity contribution < 1.29 is 19.1 Å². The number of hydrogen-bond donors (Lipinski definition) is 2. The van der Waals surface area contributed by atoms with Gasteiger partial charge < -0.3 is 20.7 Å². The Morgan fingerprint density at radius 3 is 2.27 bits per heavy atom. The van der Waals surface area contributed by atoms with E-state index in [2.05, 4.69) is 10.2 Å². The van der Waals surface area contributed by atoms with E-state index in [9.17, 15) is 14.4 Å². The van der Waals surface area contributed by atoms with E-state index >= 15 is 0 Å². The molecule has 2 aromatic rings. The number of anilines is 1. The number of nitrogens with two attached hydrogens (primary N) is 1. The fraction of sp³-hybridized carbons (Fsp3) is 0.423. The van der Waals surface area contributed by atoms with Crippen LogP contribution in [0.25, 0.3) is 0 Å². The molecule has 33 heavy (non-hydrogen) atoms. The zero-order valence-corrected chi connectivity index (χ0v) is 19.2. The maximum atomic E-state index is 12.2. The summed E-state index contributed by atoms with van der Waals surface area (Å²) >= 11 is 0. The second-order valence-electron chi connectivity index (χ2n) is 8.52. The molecule has 7 heteroatoms. The van der Waals surface area contributed by atoms with Gasteiger partial charge in [0.1, 0.15) is 5.75 Å². The van der Waals surface area contributed by atoms with Gasteiger partial charge in [-0.25, -0.2) is 0 Å². The van der Waals surface area contributed by atoms with Gasteiger partial charge in [-0.15, -0.1) is 0 Å². The second-order valence-corrected chi connectivity index (χ2v) is 8.52. The van der Waals surface area contributed by atoms with E-state index in [0.717, 1.165) is 44.6 Å². The van der Waals surface area contributed by atoms with Crippen molar-refractivity contribution in [3.63, 3.8) is 0 Å². The molecule has 3 rings (SSSR count). The van der Waals surface area contributed by atoms with Gasteiger partial charge in [-0.1, -0.05) is 12.1 Å². The first kappa shape index (κ1) is 24.5. The molecule has 2 amide bonds. The first-order valence-electron chi connectivity index (χ1n) is 11.5. The molecule has 7 nitrogen and oxygen atoms in total. The molecule has 0 radical (unpaired) electrons. The van der Waals surface area contributed by atoms with Crippen LogP contribution in [-0.4, -0.2) is 49.2 Å². The minimum absolute atomic E-state index is 0.0183. The molecule has 0 aliphatic carbocycles. The quantitative estimate of drug-likeness (QED) is 0.510. The summed E-state index contributed by atoms with van der Waals surface area (Å²) in [6, 6.07) is 14.9. The van der Waals surface area contributed by atoms with Crippen molar-refractivity contribution in [2.24, 2.45) is 11.7 Å². The van der Waals surface area contributed by atoms with Gasteiger partial charge in [0, 0.05) is 36.6 Å². The van der Waals surface area contributed by atoms with Crippen molar-refractivity contribution in [1.29, 1.82) is 0 Å². The lowest BCUT2D eigenvalue weighted by atomic mass is 9.96. The summed E-state index contributed by atoms with van der Waals surface area (Å²) in [7, 11) is 1.58. The van der Waals surface area contributed by atoms with E-state index < -0.39 is 0 Å². The predicted molar refractivity (Wildman–Crippen MR) is 128 cm³/mol. The number of Topliss-reactive ketones (excluding diaryl/α,β-unsaturated/α-hetero) is 1. The number of carbonyl (C=O) groups excluding carboxylic acids is 3. The van der Waals surface area contributed by atoms with Crippen molar-refractivity contribution in [2.45, 2.75) is 38.5 Å². The van der Waals surface area contributed by atoms with Crippen LogP contribution in [0.5, 0.6) is 5.75 Å². The first-order chi connectivity index (χ1) is 15.9. The van der Waals surface area contributed by atoms with Crippen LogP contribution in [0.1, 0.15) is 48.0 Å². The van der Waals surface area contributed by atoms with Crippen LogP contribution in [0.4, 0.5) is 5.69 Å². The van der Waals surface area contributed by atoms with Gasteiger partial charge in [0.05, 0.1) is 7.11 Å². The van der Waals surface area contributed by atoms with Crippen molar-refractivity contribution in [3.8, 4) is 5.75 Å². The molecule has 3 N–H and O–H groups in total. The highest BCUT2D eigenvalue weighted by molar-refractivity contribution is 5.96. The fourth-order valence-electron chi connectivity index (χ4n) is 4.04. The number of ether oxygens (including phenoxy) is 1. The van der Waals surface area contributed by atoms with E-state index in [1.165, 1.54) is 5.56 Å². The molecule has 1 saturated heterocycles. The van der Waals surface area contributed by atoms with Crippen LogP contribution in [0.15, 0.2) is 48.5 Å². The Balaban J connectivity index is 1.34. The van der Waals surface area contributed by atoms with Gasteiger partial charge in [-0.2, -0.15) is 0 Å². The van der Waals surface area contributed by atoms with Gasteiger partial charge in [-0.3, -0.25) is 14.4 Å². The number of benzene rings is 2. The van der Waals surface area contributed by atoms with Crippen LogP contribution in [-0.2, 0) is 16.0 Å². The minimum atomic E-state index is -0.184. The first-order valence-corrected chi connectivity index (χ1v) is 11.5. The second kappa shape index (κ2) is 12.2. The third-order valence-corrected chi connectivity index (χ3v) is 6.16. The minimum Gasteiger partial charge on any atom is -0.497 e. The zero-order chi connectivity index (χ0) is 23.6. The Kier molecular flexibility index (Phi) is 9.01. The smallest absolute Gasteiger partial charge is 0.224 e. The van der Waals surface area contributed by atoms with E-state index in [4.69, 9.17) is 10.5 Å². The lowest BCUT2D eigenvalue weighted by Crippen LogP contribution is -2.39. The molecule has 0 unspecified atom stereocenters. The topological polar surface area (TPSA) is 102 Å². The highest BCUT2D eigenvalue weighted by Gasteiger charge is 2.22. The molecule has 1 aliphatic heterocycles. The summed E-state index contributed by atoms with van der Waals surface area (Å²) in [6.45, 7) is 2.75. The number of likely N-dealkylation sites (tertiary alicyclic amines) is 1. The van der Waals surface area contributed by atoms with Gasteiger partial charge in [-0.05, 0) is 80.7 Å². The molecule has 0 bridgehead atoms. The number of piperidine rings is 1. The summed E-state index contributed by atoms with van der Waals surface area (Å²) in [5.74, 6) is 0.471. The van der Waals surface area contributed by atoms with Gasteiger partial charge in [0.25, 0.3) is 0 Å². The number of rotatable bonds is 11. The Bertz CT molecular complexity index is 933. The highest BCUT2D eigenvalue weighted by atomic mass is 16.5. The summed E-state index contributed by atoms with van der Waals surface area (Å²) < 4.78 is 5.10. The number of methoxy groups -OCH3 is 1. The lowest BCUT2D eigenvalue weighted by Gasteiger charge is -2.30. The van der Waals surface area contributed by atoms with Crippen molar-refractivity contribution >= 4 is 23.3 Å². The highest BCUT2D eigenvalue weighted by Crippen LogP contribution is 2.18. The number of nitrogens with one attached hydrogen (secondary N) is 1. The average molecular weight is 452 g/mol. The molecule has 0 aromatic heterocycles. The fourth-order valence-corrected chi connectivity index (χ4v) is 4.04. The number of amides is 2. The summed E-state index contributed by atoms with van der Waals surface area (Å²) in [4.78, 5) is 38.1. The number of primary amides is 1. The maximum absolute atomic E-state index is 12.2. The standard InChI is InChI=1S/C26H33N3O4/c1-33-23-11-7-20(8-12-23)24(30)3-2-4-25(31)28-22-9-5-19(6-10-22)13-16-29-17-14-21(15-18-29)26(27)32/h5-12,21H,2-4,13-18H2,1H3,(H2,27,32)(H,28,31). The molecule has 0 atom stereocenters. The largest absolute Gasteiger partial charge is 0.497 e. The number of nitrogens with zero attached hydrogens (tertiary/aromatic N) is 1. The van der Waals surface area contributed by atoms with Crippen LogP contribution in [0.3, 0.4) is 0 Å². The van der Waals surface area contributed by atoms with Crippen LogP contribution >= 0.6 is 0 Å². The molecule has 2 aromatic carbocycles. The molecule has 0 spiro atoms. The zero-order valence-electron chi connectivity index (χ0n) is 19.2. The summed E-state index contributed by atoms with van der Waals surface area (Å²) in [6.07, 6.45) is 3.72. The molecule has 1 heterocycles. The maximum Gasteiger partial charge on any atom is 0.224 e. The third-order valence-electron chi connectivity index (χ3n) is 6.16. The van der Waals surface area contributed by atoms with Crippen LogP contribution in [0.2, 0.25) is 0 Å². The third kappa shape index (κ3) is 7.71. The van der Waals surface area contributed by atoms with Crippen LogP contribution < -0.4 is 15.8 Å². The number of hydrogen-bond acceptors (Lipinski definition) is 5. The molecule has 0 saturated carbocycles. The van der Waals surface area contributed by atoms with Crippen molar-refractivity contribution in [1.82, 2.24) is 4.90 Å². The molecule has 1 aliphatic rings. The predicted octanol–water partition coefficient (Wildman–Crippen LogP) is 3.43. The Hall–Kier alpha value is -3.19. The van der Waals surface area contributed by atoms with Crippen molar-refractivity contribution in [2.75, 3.05) is 32.1 Å². The Labute approximate surface area is 195 Å². The van der Waals surface area contributed by atoms with Gasteiger partial charge in [0.2, 0.25) is 11.8 Å². The van der Waals surface area contributed by atoms with E-state index in [0.29, 0.717) is 30.6 Å². The van der Waals surface area contributed by atoms with Crippen molar-refractivity contribution in [3.05, 3.63) is 59.7 Å². The normalized spacial score (nSPS) is 14.6. The van der Waals surface area contributed by atoms with Gasteiger partial charge in [0.15, 0.2) is 5.78 Å². The monoisotopic (exact) mass is 451 g/mol.